The summed E-state index contributed by atoms with van der Waals surface area (Å²) in [6, 6.07) is 0. The molecule has 0 aromatic carbocycles. The first-order valence-electron chi connectivity index (χ1n) is 10.8. The highest BCUT2D eigenvalue weighted by atomic mass is 16.5. The van der Waals surface area contributed by atoms with E-state index in [1.165, 1.54) is 11.9 Å². The zero-order chi connectivity index (χ0) is 18.5. The average Bonchev–Trinajstić information content (AvgIpc) is 2.95. The van der Waals surface area contributed by atoms with Crippen LogP contribution in [0.2, 0.25) is 0 Å². The number of ether oxygens (including phenoxy) is 1. The summed E-state index contributed by atoms with van der Waals surface area (Å²) >= 11 is 0. The average molecular weight is 359 g/mol. The van der Waals surface area contributed by atoms with Crippen molar-refractivity contribution in [3.8, 4) is 0 Å². The summed E-state index contributed by atoms with van der Waals surface area (Å²) in [7, 11) is 0. The van der Waals surface area contributed by atoms with Crippen LogP contribution in [0.1, 0.15) is 72.1 Å². The van der Waals surface area contributed by atoms with E-state index in [2.05, 4.69) is 26.8 Å². The minimum atomic E-state index is -0.290. The van der Waals surface area contributed by atoms with Gasteiger partial charge in [-0.2, -0.15) is 0 Å². The minimum Gasteiger partial charge on any atom is -0.374 e. The predicted octanol–water partition coefficient (Wildman–Crippen LogP) is 4.74. The second-order valence-corrected chi connectivity index (χ2v) is 9.66. The van der Waals surface area contributed by atoms with Gasteiger partial charge < -0.3 is 9.53 Å². The van der Waals surface area contributed by atoms with E-state index < -0.39 is 0 Å². The van der Waals surface area contributed by atoms with Gasteiger partial charge in [-0.15, -0.1) is 0 Å². The molecule has 0 heterocycles. The quantitative estimate of drug-likeness (QED) is 0.538. The smallest absolute Gasteiger partial charge is 0.139 e. The van der Waals surface area contributed by atoms with Gasteiger partial charge in [-0.3, -0.25) is 4.79 Å². The molecule has 0 aliphatic heterocycles. The maximum absolute atomic E-state index is 12.6. The molecule has 0 aromatic rings. The van der Waals surface area contributed by atoms with E-state index in [4.69, 9.17) is 4.74 Å². The van der Waals surface area contributed by atoms with Gasteiger partial charge in [0.1, 0.15) is 12.1 Å². The monoisotopic (exact) mass is 358 g/mol. The third-order valence-electron chi connectivity index (χ3n) is 8.46. The second-order valence-electron chi connectivity index (χ2n) is 9.66. The number of carbonyl (C=O) groups excluding carboxylic acids is 2. The summed E-state index contributed by atoms with van der Waals surface area (Å²) < 4.78 is 6.02. The molecule has 4 aliphatic rings. The van der Waals surface area contributed by atoms with Gasteiger partial charge in [0, 0.05) is 18.4 Å². The summed E-state index contributed by atoms with van der Waals surface area (Å²) in [5, 5.41) is 0. The Kier molecular flexibility index (Phi) is 4.66. The Hall–Kier alpha value is -0.960. The zero-order valence-corrected chi connectivity index (χ0v) is 16.6. The SMILES string of the molecule is CCCO[C@@H]1C=C2C(C)C[C@@H]3[C@H](CC[C@]4(C)C(=O)CC[C@@H]34)[C@@]2(C=O)CC1. The lowest BCUT2D eigenvalue weighted by Gasteiger charge is -2.58. The Morgan fingerprint density at radius 1 is 1.23 bits per heavy atom. The molecular formula is C23H34O3. The van der Waals surface area contributed by atoms with Crippen LogP contribution >= 0.6 is 0 Å². The topological polar surface area (TPSA) is 43.4 Å². The van der Waals surface area contributed by atoms with Crippen LogP contribution in [0.5, 0.6) is 0 Å². The fourth-order valence-electron chi connectivity index (χ4n) is 7.16. The Morgan fingerprint density at radius 3 is 2.77 bits per heavy atom. The van der Waals surface area contributed by atoms with Gasteiger partial charge in [0.25, 0.3) is 0 Å². The molecule has 3 fully saturated rings. The highest BCUT2D eigenvalue weighted by Crippen LogP contribution is 2.65. The molecule has 1 unspecified atom stereocenters. The van der Waals surface area contributed by atoms with Crippen LogP contribution in [0.15, 0.2) is 11.6 Å². The van der Waals surface area contributed by atoms with E-state index in [1.54, 1.807) is 0 Å². The zero-order valence-electron chi connectivity index (χ0n) is 16.6. The van der Waals surface area contributed by atoms with Crippen LogP contribution < -0.4 is 0 Å². The van der Waals surface area contributed by atoms with E-state index in [0.29, 0.717) is 29.5 Å². The molecule has 4 rings (SSSR count). The van der Waals surface area contributed by atoms with Gasteiger partial charge in [-0.1, -0.05) is 32.4 Å². The fraction of sp³-hybridized carbons (Fsp3) is 0.826. The van der Waals surface area contributed by atoms with Crippen LogP contribution in [0.3, 0.4) is 0 Å². The van der Waals surface area contributed by atoms with Gasteiger partial charge in [0.05, 0.1) is 11.5 Å². The number of allylic oxidation sites excluding steroid dienone is 1. The van der Waals surface area contributed by atoms with Crippen LogP contribution in [0, 0.1) is 34.5 Å². The van der Waals surface area contributed by atoms with Crippen molar-refractivity contribution in [1.29, 1.82) is 0 Å². The van der Waals surface area contributed by atoms with Crippen molar-refractivity contribution in [1.82, 2.24) is 0 Å². The molecule has 0 aromatic heterocycles. The molecule has 0 saturated heterocycles. The first-order valence-corrected chi connectivity index (χ1v) is 10.8. The van der Waals surface area contributed by atoms with E-state index in [-0.39, 0.29) is 16.9 Å². The summed E-state index contributed by atoms with van der Waals surface area (Å²) in [6.07, 6.45) is 11.6. The van der Waals surface area contributed by atoms with Crippen molar-refractivity contribution in [2.24, 2.45) is 34.5 Å². The molecule has 0 radical (unpaired) electrons. The maximum atomic E-state index is 12.6. The molecule has 0 spiro atoms. The molecular weight excluding hydrogens is 324 g/mol. The largest absolute Gasteiger partial charge is 0.374 e. The first-order chi connectivity index (χ1) is 12.5. The molecule has 3 nitrogen and oxygen atoms in total. The molecule has 7 atom stereocenters. The lowest BCUT2D eigenvalue weighted by Crippen LogP contribution is -2.54. The molecule has 0 bridgehead atoms. The van der Waals surface area contributed by atoms with Crippen LogP contribution in [-0.4, -0.2) is 24.8 Å². The Balaban J connectivity index is 1.67. The summed E-state index contributed by atoms with van der Waals surface area (Å²) in [5.41, 5.74) is 0.948. The predicted molar refractivity (Wildman–Crippen MR) is 102 cm³/mol. The highest BCUT2D eigenvalue weighted by Gasteiger charge is 2.61. The van der Waals surface area contributed by atoms with Crippen molar-refractivity contribution in [3.05, 3.63) is 11.6 Å². The van der Waals surface area contributed by atoms with Crippen molar-refractivity contribution in [3.63, 3.8) is 0 Å². The van der Waals surface area contributed by atoms with Gasteiger partial charge in [-0.25, -0.2) is 0 Å². The van der Waals surface area contributed by atoms with Gasteiger partial charge in [0.15, 0.2) is 0 Å². The standard InChI is InChI=1S/C23H34O3/c1-4-11-26-16-7-10-23(14-24)19-8-9-22(3)18(5-6-21(22)25)17(19)12-15(2)20(23)13-16/h13-19H,4-12H2,1-3H3/t15?,16-,17-,18-,19-,22-,23-/m0/s1. The van der Waals surface area contributed by atoms with Crippen molar-refractivity contribution < 1.29 is 14.3 Å². The molecule has 3 heteroatoms. The number of hydrogen-bond donors (Lipinski definition) is 0. The van der Waals surface area contributed by atoms with E-state index in [1.807, 2.05) is 0 Å². The number of aldehydes is 1. The lowest BCUT2D eigenvalue weighted by atomic mass is 9.45. The third-order valence-corrected chi connectivity index (χ3v) is 8.46. The van der Waals surface area contributed by atoms with Crippen molar-refractivity contribution >= 4 is 12.1 Å². The molecule has 4 aliphatic carbocycles. The lowest BCUT2D eigenvalue weighted by molar-refractivity contribution is -0.137. The summed E-state index contributed by atoms with van der Waals surface area (Å²) in [4.78, 5) is 25.1. The number of rotatable bonds is 4. The van der Waals surface area contributed by atoms with Gasteiger partial charge >= 0.3 is 0 Å². The number of hydrogen-bond acceptors (Lipinski definition) is 3. The Bertz CT molecular complexity index is 623. The van der Waals surface area contributed by atoms with Crippen LogP contribution in [-0.2, 0) is 14.3 Å². The first kappa shape index (κ1) is 18.4. The molecule has 0 amide bonds. The summed E-state index contributed by atoms with van der Waals surface area (Å²) in [6.45, 7) is 7.44. The van der Waals surface area contributed by atoms with Crippen molar-refractivity contribution in [2.45, 2.75) is 78.2 Å². The van der Waals surface area contributed by atoms with Crippen LogP contribution in [0.4, 0.5) is 0 Å². The molecule has 26 heavy (non-hydrogen) atoms. The summed E-state index contributed by atoms with van der Waals surface area (Å²) in [5.74, 6) is 2.35. The van der Waals surface area contributed by atoms with Gasteiger partial charge in [0.2, 0.25) is 0 Å². The molecule has 3 saturated carbocycles. The number of ketones is 1. The van der Waals surface area contributed by atoms with E-state index >= 15 is 0 Å². The number of Topliss-reactive ketones (excluding diaryl/α,β-unsaturated/α-hetero) is 1. The second kappa shape index (κ2) is 6.58. The van der Waals surface area contributed by atoms with E-state index in [9.17, 15) is 9.59 Å². The number of carbonyl (C=O) groups is 2. The Morgan fingerprint density at radius 2 is 2.04 bits per heavy atom. The maximum Gasteiger partial charge on any atom is 0.139 e. The number of fused-ring (bicyclic) bond motifs is 5. The normalized spacial score (nSPS) is 47.6. The van der Waals surface area contributed by atoms with Crippen molar-refractivity contribution in [2.75, 3.05) is 6.61 Å². The fourth-order valence-corrected chi connectivity index (χ4v) is 7.16. The molecule has 0 N–H and O–H groups in total. The Labute approximate surface area is 157 Å². The van der Waals surface area contributed by atoms with E-state index in [0.717, 1.165) is 58.0 Å². The van der Waals surface area contributed by atoms with Crippen LogP contribution in [0.25, 0.3) is 0 Å². The minimum absolute atomic E-state index is 0.117. The van der Waals surface area contributed by atoms with Gasteiger partial charge in [-0.05, 0) is 68.6 Å². The third kappa shape index (κ3) is 2.49. The molecule has 144 valence electrons. The highest BCUT2D eigenvalue weighted by molar-refractivity contribution is 5.87.